The maximum atomic E-state index is 12.7. The van der Waals surface area contributed by atoms with Gasteiger partial charge in [-0.2, -0.15) is 11.8 Å². The molecule has 0 N–H and O–H groups in total. The smallest absolute Gasteiger partial charge is 0.303 e. The quantitative estimate of drug-likeness (QED) is 0.0583. The van der Waals surface area contributed by atoms with Crippen molar-refractivity contribution in [2.45, 2.75) is 155 Å². The minimum absolute atomic E-state index is 0.0163. The molecule has 20 heteroatoms. The number of carbonyl (C=O) groups excluding carboxylic acids is 7. The van der Waals surface area contributed by atoms with Crippen molar-refractivity contribution < 1.29 is 85.7 Å². The Kier molecular flexibility index (Phi) is 23.7. The summed E-state index contributed by atoms with van der Waals surface area (Å²) in [4.78, 5) is 86.3. The van der Waals surface area contributed by atoms with Crippen LogP contribution in [0.5, 0.6) is 0 Å². The second-order valence-corrected chi connectivity index (χ2v) is 15.7. The van der Waals surface area contributed by atoms with Crippen molar-refractivity contribution in [3.63, 3.8) is 0 Å². The van der Waals surface area contributed by atoms with Crippen molar-refractivity contribution in [2.24, 2.45) is 5.92 Å². The highest BCUT2D eigenvalue weighted by atomic mass is 79.9. The van der Waals surface area contributed by atoms with Crippen LogP contribution in [0.25, 0.3) is 0 Å². The molecule has 1 unspecified atom stereocenters. The largest absolute Gasteiger partial charge is 0.463 e. The van der Waals surface area contributed by atoms with E-state index in [9.17, 15) is 33.6 Å². The van der Waals surface area contributed by atoms with Gasteiger partial charge in [0, 0.05) is 59.7 Å². The summed E-state index contributed by atoms with van der Waals surface area (Å²) >= 11 is 5.34. The monoisotopic (exact) mass is 914 g/mol. The first kappa shape index (κ1) is 51.1. The summed E-state index contributed by atoms with van der Waals surface area (Å²) in [7, 11) is 0. The molecule has 11 atom stereocenters. The highest BCUT2D eigenvalue weighted by molar-refractivity contribution is 9.09. The second-order valence-electron chi connectivity index (χ2n) is 13.9. The van der Waals surface area contributed by atoms with Crippen LogP contribution in [0.2, 0.25) is 0 Å². The van der Waals surface area contributed by atoms with Crippen LogP contribution in [0.1, 0.15) is 93.9 Å². The molecular weight excluding hydrogens is 856 g/mol. The maximum absolute atomic E-state index is 12.7. The van der Waals surface area contributed by atoms with Crippen molar-refractivity contribution in [2.75, 3.05) is 36.7 Å². The molecule has 18 nitrogen and oxygen atoms in total. The Bertz CT molecular complexity index is 1350. The normalized spacial score (nSPS) is 27.3. The Morgan fingerprint density at radius 1 is 0.552 bits per heavy atom. The van der Waals surface area contributed by atoms with Crippen LogP contribution in [0.15, 0.2) is 0 Å². The average molecular weight is 916 g/mol. The minimum Gasteiger partial charge on any atom is -0.463 e. The van der Waals surface area contributed by atoms with Crippen LogP contribution in [0.3, 0.4) is 0 Å². The summed E-state index contributed by atoms with van der Waals surface area (Å²) in [6.45, 7) is 8.92. The van der Waals surface area contributed by atoms with Gasteiger partial charge in [0.25, 0.3) is 0 Å². The van der Waals surface area contributed by atoms with E-state index in [1.807, 2.05) is 0 Å². The molecule has 0 aromatic rings. The average Bonchev–Trinajstić information content (AvgIpc) is 3.12. The Hall–Kier alpha value is -3.04. The molecule has 0 aliphatic carbocycles. The zero-order chi connectivity index (χ0) is 43.4. The summed E-state index contributed by atoms with van der Waals surface area (Å²) < 4.78 is 63.4. The van der Waals surface area contributed by atoms with Crippen LogP contribution in [-0.2, 0) is 85.7 Å². The fourth-order valence-electron chi connectivity index (χ4n) is 6.21. The van der Waals surface area contributed by atoms with Gasteiger partial charge in [0.05, 0.1) is 6.61 Å². The topological polar surface area (TPSA) is 221 Å². The lowest BCUT2D eigenvalue weighted by molar-refractivity contribution is -0.361. The van der Waals surface area contributed by atoms with Crippen molar-refractivity contribution in [1.29, 1.82) is 0 Å². The molecule has 332 valence electrons. The van der Waals surface area contributed by atoms with Crippen LogP contribution >= 0.6 is 27.7 Å². The van der Waals surface area contributed by atoms with Gasteiger partial charge < -0.3 is 52.1 Å². The number of hydrogen-bond acceptors (Lipinski definition) is 19. The van der Waals surface area contributed by atoms with E-state index in [1.54, 1.807) is 11.8 Å². The lowest BCUT2D eigenvalue weighted by Crippen LogP contribution is -2.67. The lowest BCUT2D eigenvalue weighted by Gasteiger charge is -2.48. The number of esters is 7. The van der Waals surface area contributed by atoms with Gasteiger partial charge in [-0.05, 0) is 17.9 Å². The van der Waals surface area contributed by atoms with Crippen molar-refractivity contribution in [1.82, 2.24) is 0 Å². The molecule has 2 aliphatic heterocycles. The first-order chi connectivity index (χ1) is 27.5. The van der Waals surface area contributed by atoms with E-state index in [-0.39, 0.29) is 12.5 Å². The van der Waals surface area contributed by atoms with E-state index in [1.165, 1.54) is 25.7 Å². The molecule has 0 radical (unpaired) electrons. The van der Waals surface area contributed by atoms with Gasteiger partial charge in [-0.1, -0.05) is 55.0 Å². The predicted molar refractivity (Wildman–Crippen MR) is 207 cm³/mol. The molecule has 2 rings (SSSR count). The molecule has 0 bridgehead atoms. The molecule has 2 saturated heterocycles. The standard InChI is InChI=1S/C38H59BrO18S/c1-9-10-11-12-13-14-15-58-20-28(16-39)17-49-37-35(53-26(7)45)34(52-25(6)44)32(30(55-37)19-48-22(3)41)57-38-36(54-27(8)46)33(51-24(5)43)31(50-23(4)42)29(56-38)18-47-21(2)40/h28-38H,9-20H2,1-8H3/t28?,29-,30-,31+,32-,33+,34+,35-,36-,37+,38+/m1/s1. The highest BCUT2D eigenvalue weighted by Gasteiger charge is 2.57. The van der Waals surface area contributed by atoms with Gasteiger partial charge in [-0.15, -0.1) is 0 Å². The summed E-state index contributed by atoms with van der Waals surface area (Å²) in [5, 5.41) is 0.570. The maximum Gasteiger partial charge on any atom is 0.303 e. The van der Waals surface area contributed by atoms with E-state index < -0.39 is 116 Å². The lowest BCUT2D eigenvalue weighted by atomic mass is 9.96. The van der Waals surface area contributed by atoms with Gasteiger partial charge in [-0.25, -0.2) is 0 Å². The Labute approximate surface area is 352 Å². The van der Waals surface area contributed by atoms with Crippen molar-refractivity contribution in [3.8, 4) is 0 Å². The third kappa shape index (κ3) is 18.5. The third-order valence-corrected chi connectivity index (χ3v) is 10.8. The Morgan fingerprint density at radius 2 is 0.983 bits per heavy atom. The number of carbonyl (C=O) groups is 7. The van der Waals surface area contributed by atoms with Gasteiger partial charge in [0.2, 0.25) is 0 Å². The number of thioether (sulfide) groups is 1. The Balaban J connectivity index is 2.55. The summed E-state index contributed by atoms with van der Waals surface area (Å²) in [6, 6.07) is 0. The zero-order valence-corrected chi connectivity index (χ0v) is 36.9. The predicted octanol–water partition coefficient (Wildman–Crippen LogP) is 3.73. The minimum atomic E-state index is -1.77. The fourth-order valence-corrected chi connectivity index (χ4v) is 8.05. The molecular formula is C38H59BrO18S. The van der Waals surface area contributed by atoms with Crippen LogP contribution < -0.4 is 0 Å². The zero-order valence-electron chi connectivity index (χ0n) is 34.5. The van der Waals surface area contributed by atoms with Crippen LogP contribution in [0, 0.1) is 5.92 Å². The summed E-state index contributed by atoms with van der Waals surface area (Å²) in [5.41, 5.74) is 0. The van der Waals surface area contributed by atoms with Gasteiger partial charge in [0.15, 0.2) is 43.1 Å². The highest BCUT2D eigenvalue weighted by Crippen LogP contribution is 2.36. The summed E-state index contributed by atoms with van der Waals surface area (Å²) in [6.07, 6.45) is -8.12. The second kappa shape index (κ2) is 26.9. The van der Waals surface area contributed by atoms with E-state index in [2.05, 4.69) is 22.9 Å². The van der Waals surface area contributed by atoms with Crippen molar-refractivity contribution in [3.05, 3.63) is 0 Å². The van der Waals surface area contributed by atoms with Gasteiger partial charge in [-0.3, -0.25) is 33.6 Å². The van der Waals surface area contributed by atoms with E-state index >= 15 is 0 Å². The first-order valence-corrected chi connectivity index (χ1v) is 21.6. The number of halogens is 1. The molecule has 2 fully saturated rings. The molecule has 0 aromatic carbocycles. The molecule has 2 aliphatic rings. The number of unbranched alkanes of at least 4 members (excludes halogenated alkanes) is 5. The fraction of sp³-hybridized carbons (Fsp3) is 0.816. The first-order valence-electron chi connectivity index (χ1n) is 19.3. The molecule has 0 spiro atoms. The SMILES string of the molecule is CCCCCCCCSCC(CBr)CO[C@H]1O[C@H](COC(C)=O)[C@@H](O[C@@H]2O[C@H](COC(C)=O)[C@H](OC(C)=O)[C@H](OC(C)=O)[C@H]2OC(C)=O)[C@H](OC(C)=O)[C@H]1OC(C)=O. The number of rotatable bonds is 24. The number of alkyl halides is 1. The van der Waals surface area contributed by atoms with E-state index in [0.717, 1.165) is 72.8 Å². The van der Waals surface area contributed by atoms with Gasteiger partial charge >= 0.3 is 41.8 Å². The molecule has 0 amide bonds. The van der Waals surface area contributed by atoms with Crippen LogP contribution in [-0.4, -0.2) is 140 Å². The van der Waals surface area contributed by atoms with Crippen LogP contribution in [0.4, 0.5) is 0 Å². The summed E-state index contributed by atoms with van der Waals surface area (Å²) in [5.74, 6) is -4.00. The van der Waals surface area contributed by atoms with E-state index in [4.69, 9.17) is 52.1 Å². The Morgan fingerprint density at radius 3 is 1.48 bits per heavy atom. The number of hydrogen-bond donors (Lipinski definition) is 0. The van der Waals surface area contributed by atoms with Gasteiger partial charge in [0.1, 0.15) is 31.5 Å². The molecule has 0 saturated carbocycles. The molecule has 0 aromatic heterocycles. The molecule has 2 heterocycles. The van der Waals surface area contributed by atoms with Crippen molar-refractivity contribution >= 4 is 69.5 Å². The number of ether oxygens (including phenoxy) is 11. The van der Waals surface area contributed by atoms with E-state index in [0.29, 0.717) is 5.33 Å². The third-order valence-electron chi connectivity index (χ3n) is 8.60. The molecule has 58 heavy (non-hydrogen) atoms.